The van der Waals surface area contributed by atoms with Crippen LogP contribution in [0.25, 0.3) is 0 Å². The maximum Gasteiger partial charge on any atom is 0.0849 e. The van der Waals surface area contributed by atoms with Crippen molar-refractivity contribution in [3.05, 3.63) is 16.4 Å². The minimum absolute atomic E-state index is 0.291. The van der Waals surface area contributed by atoms with E-state index >= 15 is 0 Å². The van der Waals surface area contributed by atoms with Crippen LogP contribution in [-0.4, -0.2) is 15.2 Å². The molecule has 3 unspecified atom stereocenters. The summed E-state index contributed by atoms with van der Waals surface area (Å²) in [4.78, 5) is 0. The predicted molar refractivity (Wildman–Crippen MR) is 86.7 cm³/mol. The minimum atomic E-state index is 0.291. The van der Waals surface area contributed by atoms with Crippen molar-refractivity contribution in [2.24, 2.45) is 18.9 Å². The highest BCUT2D eigenvalue weighted by Crippen LogP contribution is 2.38. The van der Waals surface area contributed by atoms with Gasteiger partial charge in [0.05, 0.1) is 16.4 Å². The van der Waals surface area contributed by atoms with E-state index < -0.39 is 0 Å². The summed E-state index contributed by atoms with van der Waals surface area (Å²) < 4.78 is 1.95. The van der Waals surface area contributed by atoms with Crippen molar-refractivity contribution in [2.75, 3.05) is 0 Å². The zero-order chi connectivity index (χ0) is 14.7. The molecule has 2 nitrogen and oxygen atoms in total. The topological polar surface area (TPSA) is 17.8 Å². The molecule has 0 amide bonds. The van der Waals surface area contributed by atoms with Gasteiger partial charge in [-0.3, -0.25) is 4.68 Å². The molecule has 1 heterocycles. The smallest absolute Gasteiger partial charge is 0.0849 e. The summed E-state index contributed by atoms with van der Waals surface area (Å²) in [6.45, 7) is 4.37. The number of rotatable bonds is 5. The van der Waals surface area contributed by atoms with E-state index in [1.807, 2.05) is 11.7 Å². The number of nitrogens with zero attached hydrogens (tertiary/aromatic N) is 2. The summed E-state index contributed by atoms with van der Waals surface area (Å²) in [7, 11) is 2.00. The molecule has 0 saturated heterocycles. The van der Waals surface area contributed by atoms with Crippen LogP contribution < -0.4 is 0 Å². The first-order valence-electron chi connectivity index (χ1n) is 7.91. The Hall–Kier alpha value is -0.210. The van der Waals surface area contributed by atoms with E-state index in [0.29, 0.717) is 11.3 Å². The van der Waals surface area contributed by atoms with Crippen molar-refractivity contribution in [2.45, 2.75) is 64.2 Å². The Labute approximate surface area is 132 Å². The second-order valence-electron chi connectivity index (χ2n) is 6.13. The fourth-order valence-electron chi connectivity index (χ4n) is 3.50. The molecule has 1 saturated carbocycles. The average Bonchev–Trinajstić information content (AvgIpc) is 2.70. The Morgan fingerprint density at radius 2 is 2.05 bits per heavy atom. The molecule has 0 bridgehead atoms. The molecular weight excluding hydrogens is 291 g/mol. The molecule has 0 radical (unpaired) electrons. The van der Waals surface area contributed by atoms with Crippen LogP contribution >= 0.6 is 23.2 Å². The summed E-state index contributed by atoms with van der Waals surface area (Å²) >= 11 is 13.0. The maximum atomic E-state index is 6.57. The van der Waals surface area contributed by atoms with E-state index in [0.717, 1.165) is 41.6 Å². The Kier molecular flexibility index (Phi) is 5.80. The van der Waals surface area contributed by atoms with Gasteiger partial charge in [-0.1, -0.05) is 38.3 Å². The predicted octanol–water partition coefficient (Wildman–Crippen LogP) is 5.00. The van der Waals surface area contributed by atoms with E-state index in [4.69, 9.17) is 23.2 Å². The number of aromatic nitrogens is 2. The van der Waals surface area contributed by atoms with Gasteiger partial charge in [0.1, 0.15) is 0 Å². The van der Waals surface area contributed by atoms with E-state index in [9.17, 15) is 0 Å². The van der Waals surface area contributed by atoms with Gasteiger partial charge < -0.3 is 0 Å². The molecule has 0 aromatic carbocycles. The van der Waals surface area contributed by atoms with Crippen molar-refractivity contribution in [1.82, 2.24) is 9.78 Å². The van der Waals surface area contributed by atoms with Crippen molar-refractivity contribution in [3.63, 3.8) is 0 Å². The molecule has 0 spiro atoms. The maximum absolute atomic E-state index is 6.57. The van der Waals surface area contributed by atoms with Gasteiger partial charge in [-0.15, -0.1) is 11.6 Å². The van der Waals surface area contributed by atoms with Crippen molar-refractivity contribution >= 4 is 23.2 Å². The van der Waals surface area contributed by atoms with Gasteiger partial charge in [0.25, 0.3) is 0 Å². The highest BCUT2D eigenvalue weighted by molar-refractivity contribution is 6.31. The van der Waals surface area contributed by atoms with Gasteiger partial charge in [-0.05, 0) is 43.9 Å². The number of hydrogen-bond acceptors (Lipinski definition) is 1. The summed E-state index contributed by atoms with van der Waals surface area (Å²) in [6.07, 6.45) is 8.14. The molecule has 1 aromatic rings. The standard InChI is InChI=1S/C16H26Cl2N2/c1-4-6-11-7-8-13(17)12(9-11)10-15-16(18)14(5-2)19-20(15)3/h11-13H,4-10H2,1-3H3. The van der Waals surface area contributed by atoms with Crippen LogP contribution in [0, 0.1) is 11.8 Å². The summed E-state index contributed by atoms with van der Waals surface area (Å²) in [6, 6.07) is 0. The third-order valence-corrected chi connectivity index (χ3v) is 5.66. The number of aryl methyl sites for hydroxylation is 2. The van der Waals surface area contributed by atoms with Gasteiger partial charge in [-0.25, -0.2) is 0 Å². The molecule has 1 aromatic heterocycles. The fraction of sp³-hybridized carbons (Fsp3) is 0.812. The van der Waals surface area contributed by atoms with Crippen LogP contribution in [0.5, 0.6) is 0 Å². The quantitative estimate of drug-likeness (QED) is 0.699. The largest absolute Gasteiger partial charge is 0.271 e. The summed E-state index contributed by atoms with van der Waals surface area (Å²) in [5.41, 5.74) is 2.17. The normalized spacial score (nSPS) is 26.9. The molecule has 3 atom stereocenters. The van der Waals surface area contributed by atoms with E-state index in [-0.39, 0.29) is 0 Å². The molecule has 1 aliphatic carbocycles. The van der Waals surface area contributed by atoms with Crippen LogP contribution in [0.1, 0.15) is 57.3 Å². The van der Waals surface area contributed by atoms with Crippen LogP contribution in [-0.2, 0) is 19.9 Å². The van der Waals surface area contributed by atoms with Crippen LogP contribution in [0.2, 0.25) is 5.02 Å². The lowest BCUT2D eigenvalue weighted by atomic mass is 9.77. The van der Waals surface area contributed by atoms with Crippen molar-refractivity contribution in [3.8, 4) is 0 Å². The Bertz CT molecular complexity index is 442. The molecule has 4 heteroatoms. The SMILES string of the molecule is CCCC1CCC(Cl)C(Cc2c(Cl)c(CC)nn2C)C1. The van der Waals surface area contributed by atoms with Gasteiger partial charge >= 0.3 is 0 Å². The van der Waals surface area contributed by atoms with Crippen LogP contribution in [0.4, 0.5) is 0 Å². The van der Waals surface area contributed by atoms with Gasteiger partial charge in [0.15, 0.2) is 0 Å². The van der Waals surface area contributed by atoms with Crippen LogP contribution in [0.3, 0.4) is 0 Å². The highest BCUT2D eigenvalue weighted by Gasteiger charge is 2.30. The Morgan fingerprint density at radius 1 is 1.30 bits per heavy atom. The van der Waals surface area contributed by atoms with Crippen LogP contribution in [0.15, 0.2) is 0 Å². The van der Waals surface area contributed by atoms with E-state index in [1.165, 1.54) is 25.7 Å². The molecule has 1 aliphatic rings. The molecule has 0 aliphatic heterocycles. The van der Waals surface area contributed by atoms with Gasteiger partial charge in [0, 0.05) is 12.4 Å². The first kappa shape index (κ1) is 16.2. The zero-order valence-corrected chi connectivity index (χ0v) is 14.3. The average molecular weight is 317 g/mol. The molecule has 1 fully saturated rings. The second kappa shape index (κ2) is 7.17. The Balaban J connectivity index is 2.09. The molecule has 114 valence electrons. The third-order valence-electron chi connectivity index (χ3n) is 4.65. The zero-order valence-electron chi connectivity index (χ0n) is 12.8. The monoisotopic (exact) mass is 316 g/mol. The summed E-state index contributed by atoms with van der Waals surface area (Å²) in [5, 5.41) is 5.66. The van der Waals surface area contributed by atoms with Gasteiger partial charge in [-0.2, -0.15) is 5.10 Å². The molecule has 0 N–H and O–H groups in total. The lowest BCUT2D eigenvalue weighted by Crippen LogP contribution is -2.27. The van der Waals surface area contributed by atoms with Crippen molar-refractivity contribution in [1.29, 1.82) is 0 Å². The van der Waals surface area contributed by atoms with Crippen molar-refractivity contribution < 1.29 is 0 Å². The third kappa shape index (κ3) is 3.51. The Morgan fingerprint density at radius 3 is 2.65 bits per heavy atom. The van der Waals surface area contributed by atoms with E-state index in [2.05, 4.69) is 18.9 Å². The van der Waals surface area contributed by atoms with Gasteiger partial charge in [0.2, 0.25) is 0 Å². The molecule has 2 rings (SSSR count). The fourth-order valence-corrected chi connectivity index (χ4v) is 4.18. The van der Waals surface area contributed by atoms with E-state index in [1.54, 1.807) is 0 Å². The molecular formula is C16H26Cl2N2. The highest BCUT2D eigenvalue weighted by atomic mass is 35.5. The number of halogens is 2. The number of hydrogen-bond donors (Lipinski definition) is 0. The lowest BCUT2D eigenvalue weighted by molar-refractivity contribution is 0.254. The molecule has 20 heavy (non-hydrogen) atoms. The second-order valence-corrected chi connectivity index (χ2v) is 7.07. The minimum Gasteiger partial charge on any atom is -0.271 e. The number of alkyl halides is 1. The summed E-state index contributed by atoms with van der Waals surface area (Å²) in [5.74, 6) is 1.39. The first-order chi connectivity index (χ1) is 9.56. The lowest BCUT2D eigenvalue weighted by Gasteiger charge is -2.33. The first-order valence-corrected chi connectivity index (χ1v) is 8.72.